The van der Waals surface area contributed by atoms with E-state index < -0.39 is 0 Å². The van der Waals surface area contributed by atoms with E-state index in [1.165, 1.54) is 38.5 Å². The number of hydrogen-bond acceptors (Lipinski definition) is 1. The molecule has 0 radical (unpaired) electrons. The van der Waals surface area contributed by atoms with Crippen molar-refractivity contribution >= 4 is 0 Å². The minimum atomic E-state index is 0.751. The third-order valence-corrected chi connectivity index (χ3v) is 4.38. The molecule has 1 heteroatoms. The second kappa shape index (κ2) is 7.32. The molecule has 1 fully saturated rings. The Labute approximate surface area is 102 Å². The minimum absolute atomic E-state index is 0.751. The van der Waals surface area contributed by atoms with Crippen molar-refractivity contribution < 1.29 is 0 Å². The molecule has 96 valence electrons. The predicted molar refractivity (Wildman–Crippen MR) is 72.7 cm³/mol. The second-order valence-electron chi connectivity index (χ2n) is 5.87. The summed E-state index contributed by atoms with van der Waals surface area (Å²) in [6, 6.07) is 0.751. The monoisotopic (exact) mass is 225 g/mol. The molecule has 1 saturated carbocycles. The van der Waals surface area contributed by atoms with E-state index in [1.54, 1.807) is 0 Å². The van der Waals surface area contributed by atoms with E-state index in [9.17, 15) is 0 Å². The summed E-state index contributed by atoms with van der Waals surface area (Å²) in [4.78, 5) is 0. The van der Waals surface area contributed by atoms with Crippen molar-refractivity contribution in [2.24, 2.45) is 17.8 Å². The van der Waals surface area contributed by atoms with Gasteiger partial charge in [0.25, 0.3) is 0 Å². The minimum Gasteiger partial charge on any atom is -0.314 e. The predicted octanol–water partition coefficient (Wildman–Crippen LogP) is 4.23. The molecule has 0 aromatic heterocycles. The first-order valence-corrected chi connectivity index (χ1v) is 7.42. The summed E-state index contributed by atoms with van der Waals surface area (Å²) in [5.41, 5.74) is 0. The van der Waals surface area contributed by atoms with Gasteiger partial charge < -0.3 is 5.32 Å². The molecule has 0 bridgehead atoms. The van der Waals surface area contributed by atoms with Crippen molar-refractivity contribution in [3.63, 3.8) is 0 Å². The molecule has 0 amide bonds. The quantitative estimate of drug-likeness (QED) is 0.691. The van der Waals surface area contributed by atoms with Gasteiger partial charge in [-0.2, -0.15) is 0 Å². The lowest BCUT2D eigenvalue weighted by Gasteiger charge is -2.30. The van der Waals surface area contributed by atoms with Gasteiger partial charge in [0.2, 0.25) is 0 Å². The molecule has 1 aliphatic rings. The highest BCUT2D eigenvalue weighted by Gasteiger charge is 2.26. The molecule has 16 heavy (non-hydrogen) atoms. The maximum absolute atomic E-state index is 3.71. The molecule has 0 saturated heterocycles. The second-order valence-corrected chi connectivity index (χ2v) is 5.87. The van der Waals surface area contributed by atoms with Crippen LogP contribution in [-0.2, 0) is 0 Å². The first kappa shape index (κ1) is 14.0. The molecular weight excluding hydrogens is 194 g/mol. The summed E-state index contributed by atoms with van der Waals surface area (Å²) < 4.78 is 0. The van der Waals surface area contributed by atoms with Gasteiger partial charge in [0.1, 0.15) is 0 Å². The van der Waals surface area contributed by atoms with Crippen LogP contribution in [-0.4, -0.2) is 12.6 Å². The Morgan fingerprint density at radius 1 is 1.06 bits per heavy atom. The van der Waals surface area contributed by atoms with Crippen LogP contribution in [0.3, 0.4) is 0 Å². The average molecular weight is 225 g/mol. The van der Waals surface area contributed by atoms with E-state index in [-0.39, 0.29) is 0 Å². The van der Waals surface area contributed by atoms with Gasteiger partial charge in [-0.15, -0.1) is 0 Å². The van der Waals surface area contributed by atoms with Crippen LogP contribution in [0.5, 0.6) is 0 Å². The Morgan fingerprint density at radius 3 is 2.38 bits per heavy atom. The van der Waals surface area contributed by atoms with Crippen molar-refractivity contribution in [2.45, 2.75) is 72.3 Å². The van der Waals surface area contributed by atoms with Gasteiger partial charge >= 0.3 is 0 Å². The van der Waals surface area contributed by atoms with Crippen molar-refractivity contribution in [1.82, 2.24) is 5.32 Å². The van der Waals surface area contributed by atoms with Crippen molar-refractivity contribution in [2.75, 3.05) is 6.54 Å². The largest absolute Gasteiger partial charge is 0.314 e. The molecule has 1 rings (SSSR count). The molecule has 0 spiro atoms. The van der Waals surface area contributed by atoms with Gasteiger partial charge in [-0.05, 0) is 37.1 Å². The lowest BCUT2D eigenvalue weighted by atomic mass is 9.84. The van der Waals surface area contributed by atoms with Crippen LogP contribution in [0.1, 0.15) is 66.2 Å². The summed E-state index contributed by atoms with van der Waals surface area (Å²) in [6.07, 6.45) is 8.69. The summed E-state index contributed by atoms with van der Waals surface area (Å²) >= 11 is 0. The van der Waals surface area contributed by atoms with E-state index in [2.05, 4.69) is 33.0 Å². The molecule has 0 aromatic carbocycles. The standard InChI is InChI=1S/C15H31N/c1-5-13-8-7-9-14(11-10-13)15(12(3)4)16-6-2/h12-16H,5-11H2,1-4H3. The molecular formula is C15H31N. The molecule has 3 unspecified atom stereocenters. The molecule has 3 atom stereocenters. The first-order chi connectivity index (χ1) is 7.69. The Hall–Kier alpha value is -0.0400. The molecule has 1 nitrogen and oxygen atoms in total. The van der Waals surface area contributed by atoms with Gasteiger partial charge in [-0.1, -0.05) is 53.4 Å². The highest BCUT2D eigenvalue weighted by molar-refractivity contribution is 4.82. The van der Waals surface area contributed by atoms with E-state index in [0.717, 1.165) is 30.3 Å². The zero-order chi connectivity index (χ0) is 12.0. The van der Waals surface area contributed by atoms with Crippen LogP contribution in [0, 0.1) is 17.8 Å². The first-order valence-electron chi connectivity index (χ1n) is 7.42. The zero-order valence-electron chi connectivity index (χ0n) is 11.8. The van der Waals surface area contributed by atoms with E-state index >= 15 is 0 Å². The van der Waals surface area contributed by atoms with Crippen LogP contribution in [0.2, 0.25) is 0 Å². The highest BCUT2D eigenvalue weighted by Crippen LogP contribution is 2.32. The topological polar surface area (TPSA) is 12.0 Å². The Kier molecular flexibility index (Phi) is 6.41. The average Bonchev–Trinajstić information content (AvgIpc) is 2.50. The third-order valence-electron chi connectivity index (χ3n) is 4.38. The van der Waals surface area contributed by atoms with E-state index in [1.807, 2.05) is 0 Å². The molecule has 0 heterocycles. The lowest BCUT2D eigenvalue weighted by Crippen LogP contribution is -2.40. The Bertz CT molecular complexity index is 176. The molecule has 1 N–H and O–H groups in total. The smallest absolute Gasteiger partial charge is 0.0118 e. The van der Waals surface area contributed by atoms with Crippen molar-refractivity contribution in [3.05, 3.63) is 0 Å². The van der Waals surface area contributed by atoms with Crippen LogP contribution >= 0.6 is 0 Å². The molecule has 0 aromatic rings. The van der Waals surface area contributed by atoms with Gasteiger partial charge in [-0.3, -0.25) is 0 Å². The fourth-order valence-corrected chi connectivity index (χ4v) is 3.36. The van der Waals surface area contributed by atoms with Crippen LogP contribution < -0.4 is 5.32 Å². The van der Waals surface area contributed by atoms with Crippen LogP contribution in [0.25, 0.3) is 0 Å². The van der Waals surface area contributed by atoms with E-state index in [0.29, 0.717) is 0 Å². The number of nitrogens with one attached hydrogen (secondary N) is 1. The van der Waals surface area contributed by atoms with Crippen molar-refractivity contribution in [3.8, 4) is 0 Å². The summed E-state index contributed by atoms with van der Waals surface area (Å²) in [5.74, 6) is 2.72. The molecule has 1 aliphatic carbocycles. The maximum atomic E-state index is 3.71. The van der Waals surface area contributed by atoms with Gasteiger partial charge in [0, 0.05) is 6.04 Å². The maximum Gasteiger partial charge on any atom is 0.0118 e. The zero-order valence-corrected chi connectivity index (χ0v) is 11.8. The van der Waals surface area contributed by atoms with Gasteiger partial charge in [0.15, 0.2) is 0 Å². The Balaban J connectivity index is 2.50. The molecule has 0 aliphatic heterocycles. The summed E-state index contributed by atoms with van der Waals surface area (Å²) in [7, 11) is 0. The Morgan fingerprint density at radius 2 is 1.81 bits per heavy atom. The number of hydrogen-bond donors (Lipinski definition) is 1. The SMILES string of the molecule is CCNC(C(C)C)C1CCCC(CC)CC1. The number of rotatable bonds is 5. The van der Waals surface area contributed by atoms with Crippen molar-refractivity contribution in [1.29, 1.82) is 0 Å². The normalized spacial score (nSPS) is 29.1. The summed E-state index contributed by atoms with van der Waals surface area (Å²) in [5, 5.41) is 3.71. The fourth-order valence-electron chi connectivity index (χ4n) is 3.36. The van der Waals surface area contributed by atoms with Crippen LogP contribution in [0.4, 0.5) is 0 Å². The van der Waals surface area contributed by atoms with Gasteiger partial charge in [0.05, 0.1) is 0 Å². The summed E-state index contributed by atoms with van der Waals surface area (Å²) in [6.45, 7) is 10.5. The fraction of sp³-hybridized carbons (Fsp3) is 1.00. The van der Waals surface area contributed by atoms with E-state index in [4.69, 9.17) is 0 Å². The van der Waals surface area contributed by atoms with Crippen LogP contribution in [0.15, 0.2) is 0 Å². The highest BCUT2D eigenvalue weighted by atomic mass is 14.9. The third kappa shape index (κ3) is 4.08. The van der Waals surface area contributed by atoms with Gasteiger partial charge in [-0.25, -0.2) is 0 Å². The lowest BCUT2D eigenvalue weighted by molar-refractivity contribution is 0.259.